The van der Waals surface area contributed by atoms with Crippen molar-refractivity contribution in [1.29, 1.82) is 0 Å². The quantitative estimate of drug-likeness (QED) is 0.851. The molecule has 2 aliphatic rings. The van der Waals surface area contributed by atoms with Gasteiger partial charge in [-0.1, -0.05) is 42.5 Å². The Morgan fingerprint density at radius 2 is 1.95 bits per heavy atom. The van der Waals surface area contributed by atoms with Gasteiger partial charge in [-0.3, -0.25) is 9.59 Å². The van der Waals surface area contributed by atoms with Gasteiger partial charge < -0.3 is 9.80 Å². The molecular formula is C17H20N2O2. The van der Waals surface area contributed by atoms with Gasteiger partial charge in [0, 0.05) is 13.1 Å². The Kier molecular flexibility index (Phi) is 3.78. The number of piperazine rings is 1. The molecule has 2 amide bonds. The zero-order valence-corrected chi connectivity index (χ0v) is 12.2. The van der Waals surface area contributed by atoms with Crippen molar-refractivity contribution in [2.75, 3.05) is 13.1 Å². The Labute approximate surface area is 125 Å². The standard InChI is InChI=1S/C17H20N2O2/c1-13-16(20)19-12-6-10-15(19)17(21)18(13)11-5-9-14-7-3-2-4-8-14/h2-5,7-9,13,15H,6,10-12H2,1H3/b9-5+/t13-,15+/m0/s1. The van der Waals surface area contributed by atoms with Gasteiger partial charge in [0.05, 0.1) is 0 Å². The molecule has 1 aromatic rings. The first kappa shape index (κ1) is 13.9. The topological polar surface area (TPSA) is 40.6 Å². The lowest BCUT2D eigenvalue weighted by Crippen LogP contribution is -2.61. The molecular weight excluding hydrogens is 264 g/mol. The van der Waals surface area contributed by atoms with E-state index in [1.54, 1.807) is 9.80 Å². The van der Waals surface area contributed by atoms with Crippen LogP contribution in [0.1, 0.15) is 25.3 Å². The van der Waals surface area contributed by atoms with Gasteiger partial charge in [0.1, 0.15) is 12.1 Å². The van der Waals surface area contributed by atoms with Crippen LogP contribution in [0, 0.1) is 0 Å². The number of fused-ring (bicyclic) bond motifs is 1. The number of carbonyl (C=O) groups excluding carboxylic acids is 2. The molecule has 0 saturated carbocycles. The molecule has 0 N–H and O–H groups in total. The van der Waals surface area contributed by atoms with Gasteiger partial charge in [-0.05, 0) is 25.3 Å². The van der Waals surface area contributed by atoms with Gasteiger partial charge in [-0.25, -0.2) is 0 Å². The first-order chi connectivity index (χ1) is 10.2. The molecule has 0 aromatic heterocycles. The predicted molar refractivity (Wildman–Crippen MR) is 81.4 cm³/mol. The van der Waals surface area contributed by atoms with Gasteiger partial charge in [0.15, 0.2) is 0 Å². The molecule has 2 atom stereocenters. The van der Waals surface area contributed by atoms with Crippen molar-refractivity contribution < 1.29 is 9.59 Å². The van der Waals surface area contributed by atoms with Crippen LogP contribution < -0.4 is 0 Å². The number of amides is 2. The minimum atomic E-state index is -0.354. The number of nitrogens with zero attached hydrogens (tertiary/aromatic N) is 2. The summed E-state index contributed by atoms with van der Waals surface area (Å²) >= 11 is 0. The van der Waals surface area contributed by atoms with E-state index in [4.69, 9.17) is 0 Å². The van der Waals surface area contributed by atoms with Crippen molar-refractivity contribution in [2.45, 2.75) is 31.8 Å². The first-order valence-electron chi connectivity index (χ1n) is 7.51. The second-order valence-electron chi connectivity index (χ2n) is 5.67. The largest absolute Gasteiger partial charge is 0.329 e. The highest BCUT2D eigenvalue weighted by atomic mass is 16.2. The molecule has 0 spiro atoms. The number of carbonyl (C=O) groups is 2. The second-order valence-corrected chi connectivity index (χ2v) is 5.67. The fraction of sp³-hybridized carbons (Fsp3) is 0.412. The summed E-state index contributed by atoms with van der Waals surface area (Å²) in [6.45, 7) is 3.05. The van der Waals surface area contributed by atoms with Crippen LogP contribution in [-0.4, -0.2) is 46.8 Å². The molecule has 110 valence electrons. The van der Waals surface area contributed by atoms with Gasteiger partial charge in [0.2, 0.25) is 11.8 Å². The molecule has 1 aromatic carbocycles. The van der Waals surface area contributed by atoms with E-state index in [2.05, 4.69) is 0 Å². The van der Waals surface area contributed by atoms with Crippen LogP contribution >= 0.6 is 0 Å². The molecule has 2 aliphatic heterocycles. The molecule has 0 unspecified atom stereocenters. The molecule has 2 saturated heterocycles. The van der Waals surface area contributed by atoms with E-state index >= 15 is 0 Å². The van der Waals surface area contributed by atoms with Crippen molar-refractivity contribution in [3.63, 3.8) is 0 Å². The summed E-state index contributed by atoms with van der Waals surface area (Å²) in [5, 5.41) is 0. The third-order valence-electron chi connectivity index (χ3n) is 4.34. The average molecular weight is 284 g/mol. The number of rotatable bonds is 3. The number of hydrogen-bond donors (Lipinski definition) is 0. The van der Waals surface area contributed by atoms with Crippen molar-refractivity contribution in [3.05, 3.63) is 42.0 Å². The van der Waals surface area contributed by atoms with Crippen molar-refractivity contribution in [3.8, 4) is 0 Å². The van der Waals surface area contributed by atoms with Crippen molar-refractivity contribution in [1.82, 2.24) is 9.80 Å². The molecule has 0 aliphatic carbocycles. The van der Waals surface area contributed by atoms with Crippen molar-refractivity contribution in [2.24, 2.45) is 0 Å². The highest BCUT2D eigenvalue weighted by molar-refractivity contribution is 5.97. The van der Waals surface area contributed by atoms with E-state index in [0.29, 0.717) is 6.54 Å². The SMILES string of the molecule is C[C@H]1C(=O)N2CCC[C@@H]2C(=O)N1C/C=C/c1ccccc1. The molecule has 21 heavy (non-hydrogen) atoms. The Morgan fingerprint density at radius 3 is 2.71 bits per heavy atom. The number of benzene rings is 1. The van der Waals surface area contributed by atoms with E-state index in [1.165, 1.54) is 0 Å². The van der Waals surface area contributed by atoms with Crippen LogP contribution in [0.3, 0.4) is 0 Å². The van der Waals surface area contributed by atoms with E-state index in [1.807, 2.05) is 49.4 Å². The Morgan fingerprint density at radius 1 is 1.19 bits per heavy atom. The zero-order chi connectivity index (χ0) is 14.8. The maximum absolute atomic E-state index is 12.5. The van der Waals surface area contributed by atoms with Crippen LogP contribution in [0.25, 0.3) is 6.08 Å². The number of hydrogen-bond acceptors (Lipinski definition) is 2. The average Bonchev–Trinajstić information content (AvgIpc) is 2.99. The summed E-state index contributed by atoms with van der Waals surface area (Å²) in [7, 11) is 0. The summed E-state index contributed by atoms with van der Waals surface area (Å²) in [4.78, 5) is 28.3. The lowest BCUT2D eigenvalue weighted by molar-refractivity contribution is -0.157. The minimum absolute atomic E-state index is 0.0882. The van der Waals surface area contributed by atoms with Crippen LogP contribution in [0.5, 0.6) is 0 Å². The van der Waals surface area contributed by atoms with Gasteiger partial charge >= 0.3 is 0 Å². The summed E-state index contributed by atoms with van der Waals surface area (Å²) < 4.78 is 0. The fourth-order valence-electron chi connectivity index (χ4n) is 3.16. The molecule has 3 rings (SSSR count). The monoisotopic (exact) mass is 284 g/mol. The molecule has 0 radical (unpaired) electrons. The van der Waals surface area contributed by atoms with Crippen molar-refractivity contribution >= 4 is 17.9 Å². The van der Waals surface area contributed by atoms with Gasteiger partial charge in [0.25, 0.3) is 0 Å². The summed E-state index contributed by atoms with van der Waals surface area (Å²) in [6, 6.07) is 9.39. The lowest BCUT2D eigenvalue weighted by Gasteiger charge is -2.40. The van der Waals surface area contributed by atoms with E-state index in [9.17, 15) is 9.59 Å². The molecule has 2 heterocycles. The third kappa shape index (κ3) is 2.58. The first-order valence-corrected chi connectivity index (χ1v) is 7.51. The lowest BCUT2D eigenvalue weighted by atomic mass is 10.1. The Hall–Kier alpha value is -2.10. The maximum atomic E-state index is 12.5. The van der Waals surface area contributed by atoms with Crippen LogP contribution in [0.4, 0.5) is 0 Å². The van der Waals surface area contributed by atoms with Crippen LogP contribution in [0.15, 0.2) is 36.4 Å². The molecule has 0 bridgehead atoms. The normalized spacial score (nSPS) is 25.8. The van der Waals surface area contributed by atoms with Crippen LogP contribution in [0.2, 0.25) is 0 Å². The van der Waals surface area contributed by atoms with Crippen LogP contribution in [-0.2, 0) is 9.59 Å². The maximum Gasteiger partial charge on any atom is 0.246 e. The Bertz CT molecular complexity index is 567. The second kappa shape index (κ2) is 5.72. The Balaban J connectivity index is 1.71. The zero-order valence-electron chi connectivity index (χ0n) is 12.2. The van der Waals surface area contributed by atoms with E-state index in [-0.39, 0.29) is 23.9 Å². The summed E-state index contributed by atoms with van der Waals surface area (Å²) in [6.07, 6.45) is 5.69. The van der Waals surface area contributed by atoms with Gasteiger partial charge in [-0.15, -0.1) is 0 Å². The molecule has 2 fully saturated rings. The predicted octanol–water partition coefficient (Wildman–Crippen LogP) is 1.92. The van der Waals surface area contributed by atoms with E-state index < -0.39 is 0 Å². The summed E-state index contributed by atoms with van der Waals surface area (Å²) in [5.74, 6) is 0.183. The van der Waals surface area contributed by atoms with Gasteiger partial charge in [-0.2, -0.15) is 0 Å². The smallest absolute Gasteiger partial charge is 0.246 e. The summed E-state index contributed by atoms with van der Waals surface area (Å²) in [5.41, 5.74) is 1.10. The highest BCUT2D eigenvalue weighted by Crippen LogP contribution is 2.26. The van der Waals surface area contributed by atoms with E-state index in [0.717, 1.165) is 24.9 Å². The minimum Gasteiger partial charge on any atom is -0.329 e. The third-order valence-corrected chi connectivity index (χ3v) is 4.34. The molecule has 4 heteroatoms. The fourth-order valence-corrected chi connectivity index (χ4v) is 3.16. The highest BCUT2D eigenvalue weighted by Gasteiger charge is 2.45. The molecule has 4 nitrogen and oxygen atoms in total.